The molecule has 0 radical (unpaired) electrons. The van der Waals surface area contributed by atoms with E-state index in [0.717, 1.165) is 6.42 Å². The number of hydrogen-bond donors (Lipinski definition) is 1. The third kappa shape index (κ3) is 2.58. The van der Waals surface area contributed by atoms with Crippen molar-refractivity contribution in [3.05, 3.63) is 54.1 Å². The molecule has 2 rings (SSSR count). The van der Waals surface area contributed by atoms with Crippen LogP contribution in [0.4, 0.5) is 0 Å². The van der Waals surface area contributed by atoms with Crippen LogP contribution in [0.25, 0.3) is 0 Å². The minimum atomic E-state index is 0.342. The zero-order valence-electron chi connectivity index (χ0n) is 9.18. The predicted molar refractivity (Wildman–Crippen MR) is 68.0 cm³/mol. The maximum Gasteiger partial charge on any atom is 0.115 e. The molecule has 0 saturated heterocycles. The molecule has 0 atom stereocenters. The monoisotopic (exact) mass is 230 g/mol. The van der Waals surface area contributed by atoms with Crippen LogP contribution in [-0.2, 0) is 6.42 Å². The fourth-order valence-electron chi connectivity index (χ4n) is 1.56. The molecule has 0 aliphatic heterocycles. The van der Waals surface area contributed by atoms with E-state index in [1.54, 1.807) is 17.8 Å². The van der Waals surface area contributed by atoms with E-state index in [2.05, 4.69) is 19.1 Å². The molecule has 0 fully saturated rings. The molecular weight excluding hydrogens is 216 g/mol. The minimum absolute atomic E-state index is 0.342. The van der Waals surface area contributed by atoms with E-state index in [4.69, 9.17) is 0 Å². The Hall–Kier alpha value is -1.41. The Bertz CT molecular complexity index is 465. The van der Waals surface area contributed by atoms with Crippen LogP contribution in [0.5, 0.6) is 5.75 Å². The fraction of sp³-hybridized carbons (Fsp3) is 0.143. The second kappa shape index (κ2) is 5.08. The molecule has 0 aliphatic carbocycles. The van der Waals surface area contributed by atoms with Gasteiger partial charge in [-0.15, -0.1) is 0 Å². The summed E-state index contributed by atoms with van der Waals surface area (Å²) in [4.78, 5) is 2.44. The average Bonchev–Trinajstić information content (AvgIpc) is 2.33. The van der Waals surface area contributed by atoms with Gasteiger partial charge >= 0.3 is 0 Å². The van der Waals surface area contributed by atoms with E-state index in [0.29, 0.717) is 5.75 Å². The molecule has 0 unspecified atom stereocenters. The summed E-state index contributed by atoms with van der Waals surface area (Å²) >= 11 is 1.74. The van der Waals surface area contributed by atoms with Gasteiger partial charge in [-0.05, 0) is 42.3 Å². The number of benzene rings is 2. The van der Waals surface area contributed by atoms with Gasteiger partial charge in [0.05, 0.1) is 0 Å². The van der Waals surface area contributed by atoms with Gasteiger partial charge in [-0.3, -0.25) is 0 Å². The van der Waals surface area contributed by atoms with Gasteiger partial charge in [-0.2, -0.15) is 0 Å². The fourth-order valence-corrected chi connectivity index (χ4v) is 2.57. The van der Waals surface area contributed by atoms with Gasteiger partial charge in [-0.1, -0.05) is 36.9 Å². The zero-order chi connectivity index (χ0) is 11.4. The van der Waals surface area contributed by atoms with Crippen molar-refractivity contribution in [1.29, 1.82) is 0 Å². The van der Waals surface area contributed by atoms with Gasteiger partial charge in [0.15, 0.2) is 0 Å². The van der Waals surface area contributed by atoms with Crippen LogP contribution in [0.3, 0.4) is 0 Å². The lowest BCUT2D eigenvalue weighted by molar-refractivity contribution is 0.474. The highest BCUT2D eigenvalue weighted by molar-refractivity contribution is 7.99. The summed E-state index contributed by atoms with van der Waals surface area (Å²) in [6.07, 6.45) is 0.934. The Morgan fingerprint density at radius 3 is 2.50 bits per heavy atom. The standard InChI is InChI=1S/C14H14OS/c1-2-11-10-12(15)8-9-14(11)16-13-6-4-3-5-7-13/h3-10,15H,2H2,1H3. The molecule has 82 valence electrons. The molecule has 0 spiro atoms. The molecule has 2 aromatic carbocycles. The normalized spacial score (nSPS) is 10.3. The SMILES string of the molecule is CCc1cc(O)ccc1Sc1ccccc1. The van der Waals surface area contributed by atoms with Crippen LogP contribution in [-0.4, -0.2) is 5.11 Å². The van der Waals surface area contributed by atoms with Crippen molar-refractivity contribution in [3.8, 4) is 5.75 Å². The molecule has 0 heterocycles. The first kappa shape index (κ1) is 11.1. The molecule has 16 heavy (non-hydrogen) atoms. The van der Waals surface area contributed by atoms with Crippen molar-refractivity contribution in [3.63, 3.8) is 0 Å². The number of aryl methyl sites for hydroxylation is 1. The second-order valence-corrected chi connectivity index (χ2v) is 4.68. The summed E-state index contributed by atoms with van der Waals surface area (Å²) in [6.45, 7) is 2.10. The largest absolute Gasteiger partial charge is 0.508 e. The molecule has 2 heteroatoms. The molecule has 0 bridgehead atoms. The Labute approximate surface area is 100 Å². The van der Waals surface area contributed by atoms with E-state index < -0.39 is 0 Å². The van der Waals surface area contributed by atoms with Crippen LogP contribution in [0.2, 0.25) is 0 Å². The van der Waals surface area contributed by atoms with Gasteiger partial charge < -0.3 is 5.11 Å². The quantitative estimate of drug-likeness (QED) is 0.856. The molecule has 0 amide bonds. The Morgan fingerprint density at radius 1 is 1.06 bits per heavy atom. The summed E-state index contributed by atoms with van der Waals surface area (Å²) in [7, 11) is 0. The second-order valence-electron chi connectivity index (χ2n) is 3.56. The molecule has 1 nitrogen and oxygen atoms in total. The first-order valence-corrected chi connectivity index (χ1v) is 6.16. The summed E-state index contributed by atoms with van der Waals surface area (Å²) in [5, 5.41) is 9.43. The van der Waals surface area contributed by atoms with E-state index in [-0.39, 0.29) is 0 Å². The van der Waals surface area contributed by atoms with Crippen LogP contribution in [0.1, 0.15) is 12.5 Å². The third-order valence-corrected chi connectivity index (χ3v) is 3.52. The first-order chi connectivity index (χ1) is 7.79. The van der Waals surface area contributed by atoms with Gasteiger partial charge in [0.2, 0.25) is 0 Å². The lowest BCUT2D eigenvalue weighted by Gasteiger charge is -2.07. The van der Waals surface area contributed by atoms with Gasteiger partial charge in [0.1, 0.15) is 5.75 Å². The number of hydrogen-bond acceptors (Lipinski definition) is 2. The third-order valence-electron chi connectivity index (χ3n) is 2.40. The summed E-state index contributed by atoms with van der Waals surface area (Å²) in [5.41, 5.74) is 1.19. The molecule has 0 saturated carbocycles. The van der Waals surface area contributed by atoms with Crippen molar-refractivity contribution < 1.29 is 5.11 Å². The molecule has 0 aliphatic rings. The molecule has 2 aromatic rings. The highest BCUT2D eigenvalue weighted by Crippen LogP contribution is 2.32. The Morgan fingerprint density at radius 2 is 1.81 bits per heavy atom. The maximum atomic E-state index is 9.43. The van der Waals surface area contributed by atoms with E-state index in [1.807, 2.05) is 30.3 Å². The van der Waals surface area contributed by atoms with Crippen molar-refractivity contribution in [2.24, 2.45) is 0 Å². The smallest absolute Gasteiger partial charge is 0.115 e. The average molecular weight is 230 g/mol. The van der Waals surface area contributed by atoms with Crippen molar-refractivity contribution in [2.45, 2.75) is 23.1 Å². The van der Waals surface area contributed by atoms with Crippen molar-refractivity contribution in [1.82, 2.24) is 0 Å². The zero-order valence-corrected chi connectivity index (χ0v) is 10.00. The minimum Gasteiger partial charge on any atom is -0.508 e. The predicted octanol–water partition coefficient (Wildman–Crippen LogP) is 4.11. The summed E-state index contributed by atoms with van der Waals surface area (Å²) in [5.74, 6) is 0.342. The Kier molecular flexibility index (Phi) is 3.52. The van der Waals surface area contributed by atoms with E-state index in [9.17, 15) is 5.11 Å². The van der Waals surface area contributed by atoms with Crippen LogP contribution < -0.4 is 0 Å². The van der Waals surface area contributed by atoms with E-state index >= 15 is 0 Å². The lowest BCUT2D eigenvalue weighted by atomic mass is 10.2. The number of aromatic hydroxyl groups is 1. The summed E-state index contributed by atoms with van der Waals surface area (Å²) in [6, 6.07) is 15.8. The summed E-state index contributed by atoms with van der Waals surface area (Å²) < 4.78 is 0. The van der Waals surface area contributed by atoms with Crippen LogP contribution in [0, 0.1) is 0 Å². The first-order valence-electron chi connectivity index (χ1n) is 5.34. The lowest BCUT2D eigenvalue weighted by Crippen LogP contribution is -1.84. The van der Waals surface area contributed by atoms with Crippen molar-refractivity contribution >= 4 is 11.8 Å². The molecule has 0 aromatic heterocycles. The highest BCUT2D eigenvalue weighted by atomic mass is 32.2. The number of phenolic OH excluding ortho intramolecular Hbond substituents is 1. The van der Waals surface area contributed by atoms with Crippen LogP contribution >= 0.6 is 11.8 Å². The topological polar surface area (TPSA) is 20.2 Å². The molecular formula is C14H14OS. The number of phenols is 1. The van der Waals surface area contributed by atoms with Crippen LogP contribution in [0.15, 0.2) is 58.3 Å². The van der Waals surface area contributed by atoms with Gasteiger partial charge in [0.25, 0.3) is 0 Å². The Balaban J connectivity index is 2.28. The van der Waals surface area contributed by atoms with Gasteiger partial charge in [0, 0.05) is 9.79 Å². The maximum absolute atomic E-state index is 9.43. The van der Waals surface area contributed by atoms with E-state index in [1.165, 1.54) is 15.4 Å². The van der Waals surface area contributed by atoms with Crippen molar-refractivity contribution in [2.75, 3.05) is 0 Å². The highest BCUT2D eigenvalue weighted by Gasteiger charge is 2.03. The number of rotatable bonds is 3. The molecule has 1 N–H and O–H groups in total. The van der Waals surface area contributed by atoms with Gasteiger partial charge in [-0.25, -0.2) is 0 Å².